The van der Waals surface area contributed by atoms with Gasteiger partial charge in [0, 0.05) is 5.33 Å². The molecule has 0 aliphatic carbocycles. The van der Waals surface area contributed by atoms with Crippen LogP contribution in [-0.4, -0.2) is 29.9 Å². The minimum absolute atomic E-state index is 0.829. The number of nitrogens with zero attached hydrogens (tertiary/aromatic N) is 1. The van der Waals surface area contributed by atoms with Crippen molar-refractivity contribution in [1.29, 1.82) is 0 Å². The molecule has 0 aliphatic heterocycles. The van der Waals surface area contributed by atoms with E-state index in [9.17, 15) is 0 Å². The van der Waals surface area contributed by atoms with Crippen molar-refractivity contribution in [2.45, 2.75) is 47.0 Å². The lowest BCUT2D eigenvalue weighted by Crippen LogP contribution is -2.29. The smallest absolute Gasteiger partial charge is 0.00434 e. The maximum atomic E-state index is 3.51. The lowest BCUT2D eigenvalue weighted by atomic mass is 10.1. The molecular weight excluding hydrogens is 250 g/mol. The van der Waals surface area contributed by atoms with Gasteiger partial charge in [0.2, 0.25) is 0 Å². The molecule has 0 unspecified atom stereocenters. The second-order valence-corrected chi connectivity index (χ2v) is 6.04. The number of rotatable bonds is 9. The van der Waals surface area contributed by atoms with Crippen molar-refractivity contribution in [3.8, 4) is 0 Å². The third kappa shape index (κ3) is 10.7. The van der Waals surface area contributed by atoms with Crippen molar-refractivity contribution in [1.82, 2.24) is 4.90 Å². The number of alkyl halides is 1. The fraction of sp³-hybridized carbons (Fsp3) is 1.00. The van der Waals surface area contributed by atoms with E-state index < -0.39 is 0 Å². The van der Waals surface area contributed by atoms with E-state index in [4.69, 9.17) is 0 Å². The number of hydrogen-bond acceptors (Lipinski definition) is 1. The minimum atomic E-state index is 0.829. The van der Waals surface area contributed by atoms with Crippen molar-refractivity contribution in [3.05, 3.63) is 0 Å². The van der Waals surface area contributed by atoms with E-state index in [2.05, 4.69) is 48.5 Å². The van der Waals surface area contributed by atoms with Crippen LogP contribution in [-0.2, 0) is 0 Å². The third-order valence-electron chi connectivity index (χ3n) is 2.65. The second kappa shape index (κ2) is 9.65. The van der Waals surface area contributed by atoms with E-state index in [1.165, 1.54) is 38.9 Å². The molecule has 0 radical (unpaired) electrons. The third-order valence-corrected chi connectivity index (χ3v) is 3.21. The standard InChI is InChI=1S/C13H28BrN/c1-12(2)6-10-15(9-5-8-14)11-7-13(3)4/h12-13H,5-11H2,1-4H3. The fourth-order valence-corrected chi connectivity index (χ4v) is 1.75. The van der Waals surface area contributed by atoms with Gasteiger partial charge >= 0.3 is 0 Å². The van der Waals surface area contributed by atoms with Crippen LogP contribution in [0.1, 0.15) is 47.0 Å². The summed E-state index contributed by atoms with van der Waals surface area (Å²) < 4.78 is 0. The van der Waals surface area contributed by atoms with Gasteiger partial charge in [-0.2, -0.15) is 0 Å². The van der Waals surface area contributed by atoms with Crippen LogP contribution in [0, 0.1) is 11.8 Å². The molecule has 0 heterocycles. The van der Waals surface area contributed by atoms with Gasteiger partial charge in [-0.3, -0.25) is 0 Å². The topological polar surface area (TPSA) is 3.24 Å². The molecule has 0 rings (SSSR count). The van der Waals surface area contributed by atoms with Crippen LogP contribution in [0.15, 0.2) is 0 Å². The van der Waals surface area contributed by atoms with Gasteiger partial charge in [-0.1, -0.05) is 43.6 Å². The Morgan fingerprint density at radius 2 is 1.33 bits per heavy atom. The average molecular weight is 278 g/mol. The molecule has 0 spiro atoms. The molecule has 0 bridgehead atoms. The first kappa shape index (κ1) is 15.4. The molecule has 0 fully saturated rings. The summed E-state index contributed by atoms with van der Waals surface area (Å²) in [5.41, 5.74) is 0. The summed E-state index contributed by atoms with van der Waals surface area (Å²) >= 11 is 3.51. The van der Waals surface area contributed by atoms with E-state index in [0.29, 0.717) is 0 Å². The van der Waals surface area contributed by atoms with Gasteiger partial charge in [0.25, 0.3) is 0 Å². The molecule has 0 aliphatic rings. The summed E-state index contributed by atoms with van der Waals surface area (Å²) in [7, 11) is 0. The zero-order valence-corrected chi connectivity index (χ0v) is 12.5. The molecule has 0 aromatic rings. The molecule has 0 atom stereocenters. The predicted molar refractivity (Wildman–Crippen MR) is 73.8 cm³/mol. The van der Waals surface area contributed by atoms with Crippen molar-refractivity contribution in [2.24, 2.45) is 11.8 Å². The van der Waals surface area contributed by atoms with Crippen LogP contribution in [0.2, 0.25) is 0 Å². The maximum absolute atomic E-state index is 3.51. The molecule has 2 heteroatoms. The summed E-state index contributed by atoms with van der Waals surface area (Å²) in [5.74, 6) is 1.66. The van der Waals surface area contributed by atoms with E-state index in [1.807, 2.05) is 0 Å². The molecule has 0 saturated carbocycles. The molecule has 15 heavy (non-hydrogen) atoms. The summed E-state index contributed by atoms with van der Waals surface area (Å²) in [6.07, 6.45) is 3.94. The Bertz CT molecular complexity index is 122. The SMILES string of the molecule is CC(C)CCN(CCCBr)CCC(C)C. The van der Waals surface area contributed by atoms with E-state index in [1.54, 1.807) is 0 Å². The Balaban J connectivity index is 3.73. The van der Waals surface area contributed by atoms with E-state index in [-0.39, 0.29) is 0 Å². The summed E-state index contributed by atoms with van der Waals surface area (Å²) in [4.78, 5) is 2.63. The maximum Gasteiger partial charge on any atom is 0.00434 e. The summed E-state index contributed by atoms with van der Waals surface area (Å²) in [6, 6.07) is 0. The van der Waals surface area contributed by atoms with Crippen LogP contribution >= 0.6 is 15.9 Å². The average Bonchev–Trinajstić information content (AvgIpc) is 2.16. The fourth-order valence-electron chi connectivity index (χ4n) is 1.50. The highest BCUT2D eigenvalue weighted by atomic mass is 79.9. The van der Waals surface area contributed by atoms with E-state index in [0.717, 1.165) is 17.2 Å². The van der Waals surface area contributed by atoms with Gasteiger partial charge in [0.05, 0.1) is 0 Å². The van der Waals surface area contributed by atoms with Crippen molar-refractivity contribution >= 4 is 15.9 Å². The highest BCUT2D eigenvalue weighted by molar-refractivity contribution is 9.09. The lowest BCUT2D eigenvalue weighted by molar-refractivity contribution is 0.245. The van der Waals surface area contributed by atoms with Crippen LogP contribution in [0.25, 0.3) is 0 Å². The van der Waals surface area contributed by atoms with Crippen molar-refractivity contribution in [2.75, 3.05) is 25.0 Å². The van der Waals surface area contributed by atoms with Gasteiger partial charge in [-0.15, -0.1) is 0 Å². The van der Waals surface area contributed by atoms with Gasteiger partial charge in [-0.25, -0.2) is 0 Å². The zero-order valence-electron chi connectivity index (χ0n) is 10.9. The van der Waals surface area contributed by atoms with Crippen LogP contribution in [0.4, 0.5) is 0 Å². The quantitative estimate of drug-likeness (QED) is 0.572. The molecule has 0 saturated heterocycles. The highest BCUT2D eigenvalue weighted by Gasteiger charge is 2.06. The molecule has 1 nitrogen and oxygen atoms in total. The summed E-state index contributed by atoms with van der Waals surface area (Å²) in [5, 5.41) is 1.13. The molecule has 92 valence electrons. The molecule has 0 aromatic carbocycles. The first-order valence-electron chi connectivity index (χ1n) is 6.34. The van der Waals surface area contributed by atoms with Gasteiger partial charge in [0.15, 0.2) is 0 Å². The predicted octanol–water partition coefficient (Wildman–Crippen LogP) is 4.17. The van der Waals surface area contributed by atoms with Gasteiger partial charge in [0.1, 0.15) is 0 Å². The van der Waals surface area contributed by atoms with Gasteiger partial charge < -0.3 is 4.90 Å². The molecule has 0 aromatic heterocycles. The van der Waals surface area contributed by atoms with Crippen LogP contribution < -0.4 is 0 Å². The normalized spacial score (nSPS) is 12.0. The number of halogens is 1. The first-order valence-corrected chi connectivity index (χ1v) is 7.46. The second-order valence-electron chi connectivity index (χ2n) is 5.25. The monoisotopic (exact) mass is 277 g/mol. The van der Waals surface area contributed by atoms with Crippen LogP contribution in [0.5, 0.6) is 0 Å². The Hall–Kier alpha value is 0.440. The lowest BCUT2D eigenvalue weighted by Gasteiger charge is -2.23. The van der Waals surface area contributed by atoms with Gasteiger partial charge in [-0.05, 0) is 50.7 Å². The molecule has 0 N–H and O–H groups in total. The largest absolute Gasteiger partial charge is 0.303 e. The molecular formula is C13H28BrN. The van der Waals surface area contributed by atoms with E-state index >= 15 is 0 Å². The molecule has 0 amide bonds. The Morgan fingerprint density at radius 3 is 1.67 bits per heavy atom. The zero-order chi connectivity index (χ0) is 11.7. The first-order chi connectivity index (χ1) is 7.06. The number of hydrogen-bond donors (Lipinski definition) is 0. The summed E-state index contributed by atoms with van der Waals surface area (Å²) in [6.45, 7) is 13.0. The van der Waals surface area contributed by atoms with Crippen LogP contribution in [0.3, 0.4) is 0 Å². The Morgan fingerprint density at radius 1 is 0.867 bits per heavy atom. The van der Waals surface area contributed by atoms with Crippen molar-refractivity contribution in [3.63, 3.8) is 0 Å². The Kier molecular flexibility index (Phi) is 9.93. The Labute approximate surface area is 105 Å². The highest BCUT2D eigenvalue weighted by Crippen LogP contribution is 2.07. The minimum Gasteiger partial charge on any atom is -0.303 e. The van der Waals surface area contributed by atoms with Crippen molar-refractivity contribution < 1.29 is 0 Å².